The summed E-state index contributed by atoms with van der Waals surface area (Å²) in [7, 11) is 0. The summed E-state index contributed by atoms with van der Waals surface area (Å²) in [6.45, 7) is 4.29. The zero-order valence-corrected chi connectivity index (χ0v) is 19.4. The molecule has 0 fully saturated rings. The number of nitrogens with one attached hydrogen (secondary N) is 2. The van der Waals surface area contributed by atoms with Crippen molar-refractivity contribution in [3.05, 3.63) is 65.4 Å². The van der Waals surface area contributed by atoms with E-state index in [0.29, 0.717) is 12.4 Å². The SMILES string of the molecule is CSc1ccc(C2N=C(Nc3nc4ccccc4s3)NC3=C2C(=O)CC(C)(C)C3)cc1. The van der Waals surface area contributed by atoms with E-state index in [2.05, 4.69) is 66.1 Å². The van der Waals surface area contributed by atoms with Gasteiger partial charge >= 0.3 is 0 Å². The van der Waals surface area contributed by atoms with Crippen molar-refractivity contribution in [2.24, 2.45) is 10.4 Å². The molecule has 7 heteroatoms. The van der Waals surface area contributed by atoms with Crippen LogP contribution in [-0.2, 0) is 4.79 Å². The molecule has 158 valence electrons. The monoisotopic (exact) mass is 448 g/mol. The maximum absolute atomic E-state index is 13.1. The van der Waals surface area contributed by atoms with E-state index in [0.717, 1.165) is 38.6 Å². The Hall–Kier alpha value is -2.64. The van der Waals surface area contributed by atoms with Gasteiger partial charge in [0.15, 0.2) is 10.9 Å². The van der Waals surface area contributed by atoms with Crippen molar-refractivity contribution in [3.63, 3.8) is 0 Å². The molecule has 1 aliphatic carbocycles. The first kappa shape index (κ1) is 20.3. The van der Waals surface area contributed by atoms with Crippen LogP contribution in [-0.4, -0.2) is 23.0 Å². The molecule has 5 nitrogen and oxygen atoms in total. The highest BCUT2D eigenvalue weighted by atomic mass is 32.2. The highest BCUT2D eigenvalue weighted by Gasteiger charge is 2.39. The summed E-state index contributed by atoms with van der Waals surface area (Å²) >= 11 is 3.30. The normalized spacial score (nSPS) is 20.3. The minimum absolute atomic E-state index is 0.0749. The molecule has 0 saturated carbocycles. The molecule has 2 aromatic carbocycles. The number of carbonyl (C=O) groups is 1. The topological polar surface area (TPSA) is 66.4 Å². The number of nitrogens with zero attached hydrogens (tertiary/aromatic N) is 2. The van der Waals surface area contributed by atoms with Crippen LogP contribution in [0.1, 0.15) is 38.3 Å². The molecule has 1 atom stereocenters. The predicted molar refractivity (Wildman–Crippen MR) is 130 cm³/mol. The van der Waals surface area contributed by atoms with E-state index >= 15 is 0 Å². The highest BCUT2D eigenvalue weighted by Crippen LogP contribution is 2.43. The van der Waals surface area contributed by atoms with Gasteiger partial charge in [0.05, 0.1) is 10.2 Å². The lowest BCUT2D eigenvalue weighted by atomic mass is 9.73. The number of anilines is 1. The van der Waals surface area contributed by atoms with Crippen molar-refractivity contribution in [3.8, 4) is 0 Å². The number of allylic oxidation sites excluding steroid dienone is 1. The van der Waals surface area contributed by atoms with Crippen molar-refractivity contribution in [2.45, 2.75) is 37.6 Å². The standard InChI is InChI=1S/C24H24N4OS2/c1-24(2)12-17-20(18(29)13-24)21(14-8-10-15(30-3)11-9-14)27-22(25-17)28-23-26-16-6-4-5-7-19(16)31-23/h4-11,21H,12-13H2,1-3H3,(H2,25,26,27,28). The van der Waals surface area contributed by atoms with Crippen molar-refractivity contribution < 1.29 is 4.79 Å². The molecule has 3 aromatic rings. The van der Waals surface area contributed by atoms with Gasteiger partial charge in [0, 0.05) is 22.6 Å². The van der Waals surface area contributed by atoms with Crippen LogP contribution in [0.4, 0.5) is 5.13 Å². The largest absolute Gasteiger partial charge is 0.329 e. The van der Waals surface area contributed by atoms with E-state index in [1.165, 1.54) is 4.90 Å². The molecule has 5 rings (SSSR count). The Bertz CT molecular complexity index is 1190. The molecule has 0 spiro atoms. The van der Waals surface area contributed by atoms with Gasteiger partial charge in [0.1, 0.15) is 6.04 Å². The number of hydrogen-bond donors (Lipinski definition) is 2. The average Bonchev–Trinajstić information content (AvgIpc) is 3.14. The molecule has 31 heavy (non-hydrogen) atoms. The van der Waals surface area contributed by atoms with Crippen molar-refractivity contribution in [2.75, 3.05) is 11.6 Å². The molecule has 1 aromatic heterocycles. The minimum atomic E-state index is -0.312. The van der Waals surface area contributed by atoms with Crippen molar-refractivity contribution >= 4 is 50.2 Å². The van der Waals surface area contributed by atoms with Gasteiger partial charge < -0.3 is 10.6 Å². The zero-order valence-electron chi connectivity index (χ0n) is 17.7. The van der Waals surface area contributed by atoms with E-state index < -0.39 is 0 Å². The van der Waals surface area contributed by atoms with Gasteiger partial charge in [-0.3, -0.25) is 4.79 Å². The number of aromatic nitrogens is 1. The first-order valence-electron chi connectivity index (χ1n) is 10.3. The molecule has 2 aliphatic rings. The average molecular weight is 449 g/mol. The second-order valence-corrected chi connectivity index (χ2v) is 10.6. The Morgan fingerprint density at radius 1 is 1.13 bits per heavy atom. The third kappa shape index (κ3) is 4.00. The molecular formula is C24H24N4OS2. The molecule has 2 heterocycles. The molecule has 1 unspecified atom stereocenters. The predicted octanol–water partition coefficient (Wildman–Crippen LogP) is 5.77. The first-order valence-corrected chi connectivity index (χ1v) is 12.3. The summed E-state index contributed by atoms with van der Waals surface area (Å²) in [5, 5.41) is 7.57. The Labute approximate surface area is 190 Å². The second-order valence-electron chi connectivity index (χ2n) is 8.72. The number of aliphatic imine (C=N–C) groups is 1. The van der Waals surface area contributed by atoms with Crippen LogP contribution in [0.2, 0.25) is 0 Å². The fourth-order valence-electron chi connectivity index (χ4n) is 4.25. The summed E-state index contributed by atoms with van der Waals surface area (Å²) in [4.78, 5) is 23.9. The Morgan fingerprint density at radius 2 is 1.90 bits per heavy atom. The molecule has 2 N–H and O–H groups in total. The van der Waals surface area contributed by atoms with Crippen LogP contribution >= 0.6 is 23.1 Å². The van der Waals surface area contributed by atoms with Crippen LogP contribution in [0.25, 0.3) is 10.2 Å². The van der Waals surface area contributed by atoms with E-state index in [4.69, 9.17) is 4.99 Å². The number of guanidine groups is 1. The lowest BCUT2D eigenvalue weighted by Gasteiger charge is -2.37. The highest BCUT2D eigenvalue weighted by molar-refractivity contribution is 7.98. The van der Waals surface area contributed by atoms with Crippen LogP contribution in [0.15, 0.2) is 69.7 Å². The minimum Gasteiger partial charge on any atom is -0.329 e. The number of carbonyl (C=O) groups excluding carboxylic acids is 1. The molecular weight excluding hydrogens is 424 g/mol. The number of para-hydroxylation sites is 1. The second kappa shape index (κ2) is 7.80. The fraction of sp³-hybridized carbons (Fsp3) is 0.292. The lowest BCUT2D eigenvalue weighted by Crippen LogP contribution is -2.41. The van der Waals surface area contributed by atoms with Crippen LogP contribution in [0.3, 0.4) is 0 Å². The van der Waals surface area contributed by atoms with Gasteiger partial charge in [-0.2, -0.15) is 0 Å². The van der Waals surface area contributed by atoms with Crippen LogP contribution in [0, 0.1) is 5.41 Å². The number of benzene rings is 2. The Morgan fingerprint density at radius 3 is 2.65 bits per heavy atom. The van der Waals surface area contributed by atoms with Crippen molar-refractivity contribution in [1.29, 1.82) is 0 Å². The van der Waals surface area contributed by atoms with E-state index in [-0.39, 0.29) is 17.2 Å². The quantitative estimate of drug-likeness (QED) is 0.498. The maximum atomic E-state index is 13.1. The Kier molecular flexibility index (Phi) is 5.10. The molecule has 0 saturated heterocycles. The lowest BCUT2D eigenvalue weighted by molar-refractivity contribution is -0.118. The number of fused-ring (bicyclic) bond motifs is 1. The summed E-state index contributed by atoms with van der Waals surface area (Å²) in [5.74, 6) is 0.822. The molecule has 0 radical (unpaired) electrons. The van der Waals surface area contributed by atoms with Crippen LogP contribution in [0.5, 0.6) is 0 Å². The summed E-state index contributed by atoms with van der Waals surface area (Å²) < 4.78 is 1.12. The number of rotatable bonds is 3. The van der Waals surface area contributed by atoms with Gasteiger partial charge in [-0.1, -0.05) is 49.4 Å². The van der Waals surface area contributed by atoms with Gasteiger partial charge in [0.25, 0.3) is 0 Å². The molecule has 0 bridgehead atoms. The summed E-state index contributed by atoms with van der Waals surface area (Å²) in [6.07, 6.45) is 3.42. The number of thioether (sulfide) groups is 1. The van der Waals surface area contributed by atoms with Gasteiger partial charge in [-0.15, -0.1) is 11.8 Å². The Balaban J connectivity index is 1.53. The van der Waals surface area contributed by atoms with Crippen molar-refractivity contribution in [1.82, 2.24) is 10.3 Å². The third-order valence-electron chi connectivity index (χ3n) is 5.67. The van der Waals surface area contributed by atoms with E-state index in [1.807, 2.05) is 18.2 Å². The van der Waals surface area contributed by atoms with Gasteiger partial charge in [0.2, 0.25) is 5.96 Å². The van der Waals surface area contributed by atoms with E-state index in [9.17, 15) is 4.79 Å². The third-order valence-corrected chi connectivity index (χ3v) is 7.37. The van der Waals surface area contributed by atoms with Gasteiger partial charge in [-0.05, 0) is 47.9 Å². The number of ketones is 1. The first-order chi connectivity index (χ1) is 14.9. The number of hydrogen-bond acceptors (Lipinski definition) is 7. The molecule has 0 amide bonds. The maximum Gasteiger partial charge on any atom is 0.202 e. The number of thiazole rings is 1. The zero-order chi connectivity index (χ0) is 21.6. The number of Topliss-reactive ketones (excluding diaryl/α,β-unsaturated/α-hetero) is 1. The van der Waals surface area contributed by atoms with Crippen LogP contribution < -0.4 is 10.6 Å². The summed E-state index contributed by atoms with van der Waals surface area (Å²) in [6, 6.07) is 16.1. The smallest absolute Gasteiger partial charge is 0.202 e. The summed E-state index contributed by atoms with van der Waals surface area (Å²) in [5.41, 5.74) is 3.69. The molecule has 1 aliphatic heterocycles. The van der Waals surface area contributed by atoms with E-state index in [1.54, 1.807) is 23.1 Å². The fourth-order valence-corrected chi connectivity index (χ4v) is 5.52. The van der Waals surface area contributed by atoms with Gasteiger partial charge in [-0.25, -0.2) is 9.98 Å².